The number of hydrogen-bond acceptors (Lipinski definition) is 3. The van der Waals surface area contributed by atoms with Crippen molar-refractivity contribution in [2.24, 2.45) is 0 Å². The van der Waals surface area contributed by atoms with Crippen LogP contribution in [0.5, 0.6) is 11.5 Å². The van der Waals surface area contributed by atoms with E-state index in [0.717, 1.165) is 16.9 Å². The van der Waals surface area contributed by atoms with Gasteiger partial charge in [-0.05, 0) is 37.6 Å². The van der Waals surface area contributed by atoms with Crippen molar-refractivity contribution < 1.29 is 14.3 Å². The summed E-state index contributed by atoms with van der Waals surface area (Å²) in [5.41, 5.74) is 2.54. The van der Waals surface area contributed by atoms with Crippen LogP contribution >= 0.6 is 0 Å². The van der Waals surface area contributed by atoms with Crippen LogP contribution in [0.2, 0.25) is 0 Å². The van der Waals surface area contributed by atoms with Crippen LogP contribution < -0.4 is 14.8 Å². The van der Waals surface area contributed by atoms with Gasteiger partial charge in [0.1, 0.15) is 11.5 Å². The molecule has 0 aliphatic carbocycles. The summed E-state index contributed by atoms with van der Waals surface area (Å²) in [5.74, 6) is 1.37. The molecule has 2 aromatic carbocycles. The summed E-state index contributed by atoms with van der Waals surface area (Å²) in [6.45, 7) is 4.90. The van der Waals surface area contributed by atoms with Gasteiger partial charge < -0.3 is 14.8 Å². The Labute approximate surface area is 131 Å². The summed E-state index contributed by atoms with van der Waals surface area (Å²) in [6.07, 6.45) is 0. The first-order valence-electron chi connectivity index (χ1n) is 7.29. The van der Waals surface area contributed by atoms with Crippen LogP contribution in [-0.2, 0) is 6.54 Å². The molecular weight excluding hydrogens is 278 g/mol. The fraction of sp³-hybridized carbons (Fsp3) is 0.278. The molecule has 22 heavy (non-hydrogen) atoms. The summed E-state index contributed by atoms with van der Waals surface area (Å²) >= 11 is 0. The highest BCUT2D eigenvalue weighted by Crippen LogP contribution is 2.20. The van der Waals surface area contributed by atoms with Gasteiger partial charge in [-0.2, -0.15) is 0 Å². The second-order valence-corrected chi connectivity index (χ2v) is 4.91. The maximum absolute atomic E-state index is 12.3. The predicted octanol–water partition coefficient (Wildman–Crippen LogP) is 3.33. The molecule has 0 heterocycles. The standard InChI is InChI=1S/C18H21NO3/c1-4-22-16-8-6-5-7-15(16)12-19-18(20)14-10-9-13(2)17(11-14)21-3/h5-11H,4,12H2,1-3H3,(H,19,20). The van der Waals surface area contributed by atoms with Crippen molar-refractivity contribution in [3.8, 4) is 11.5 Å². The largest absolute Gasteiger partial charge is 0.496 e. The van der Waals surface area contributed by atoms with Gasteiger partial charge in [0.05, 0.1) is 13.7 Å². The monoisotopic (exact) mass is 299 g/mol. The van der Waals surface area contributed by atoms with Gasteiger partial charge in [-0.15, -0.1) is 0 Å². The molecular formula is C18H21NO3. The molecule has 0 fully saturated rings. The van der Waals surface area contributed by atoms with E-state index < -0.39 is 0 Å². The van der Waals surface area contributed by atoms with Crippen LogP contribution in [0.3, 0.4) is 0 Å². The number of amides is 1. The average molecular weight is 299 g/mol. The van der Waals surface area contributed by atoms with Gasteiger partial charge in [-0.1, -0.05) is 24.3 Å². The van der Waals surface area contributed by atoms with Crippen molar-refractivity contribution >= 4 is 5.91 Å². The molecule has 0 atom stereocenters. The van der Waals surface area contributed by atoms with Gasteiger partial charge in [0.15, 0.2) is 0 Å². The molecule has 0 saturated heterocycles. The van der Waals surface area contributed by atoms with E-state index in [-0.39, 0.29) is 5.91 Å². The Morgan fingerprint density at radius 2 is 1.91 bits per heavy atom. The Bertz CT molecular complexity index is 653. The van der Waals surface area contributed by atoms with E-state index in [0.29, 0.717) is 24.5 Å². The molecule has 4 heteroatoms. The number of para-hydroxylation sites is 1. The molecule has 0 unspecified atom stereocenters. The van der Waals surface area contributed by atoms with Crippen molar-refractivity contribution in [3.05, 3.63) is 59.2 Å². The summed E-state index contributed by atoms with van der Waals surface area (Å²) in [4.78, 5) is 12.3. The van der Waals surface area contributed by atoms with Crippen LogP contribution in [0.4, 0.5) is 0 Å². The summed E-state index contributed by atoms with van der Waals surface area (Å²) < 4.78 is 10.8. The van der Waals surface area contributed by atoms with Crippen LogP contribution in [-0.4, -0.2) is 19.6 Å². The van der Waals surface area contributed by atoms with Crippen molar-refractivity contribution in [1.29, 1.82) is 0 Å². The molecule has 0 aromatic heterocycles. The number of ether oxygens (including phenoxy) is 2. The molecule has 0 spiro atoms. The second-order valence-electron chi connectivity index (χ2n) is 4.91. The number of methoxy groups -OCH3 is 1. The van der Waals surface area contributed by atoms with Crippen molar-refractivity contribution in [2.75, 3.05) is 13.7 Å². The highest BCUT2D eigenvalue weighted by Gasteiger charge is 2.09. The molecule has 0 bridgehead atoms. The van der Waals surface area contributed by atoms with Gasteiger partial charge in [-0.3, -0.25) is 4.79 Å². The van der Waals surface area contributed by atoms with E-state index in [4.69, 9.17) is 9.47 Å². The highest BCUT2D eigenvalue weighted by atomic mass is 16.5. The van der Waals surface area contributed by atoms with Crippen LogP contribution in [0.25, 0.3) is 0 Å². The van der Waals surface area contributed by atoms with Gasteiger partial charge >= 0.3 is 0 Å². The van der Waals surface area contributed by atoms with E-state index in [1.807, 2.05) is 44.2 Å². The number of carbonyl (C=O) groups is 1. The average Bonchev–Trinajstić information content (AvgIpc) is 2.54. The number of rotatable bonds is 6. The summed E-state index contributed by atoms with van der Waals surface area (Å²) in [7, 11) is 1.60. The molecule has 0 saturated carbocycles. The number of hydrogen-bond donors (Lipinski definition) is 1. The second kappa shape index (κ2) is 7.50. The lowest BCUT2D eigenvalue weighted by Crippen LogP contribution is -2.23. The highest BCUT2D eigenvalue weighted by molar-refractivity contribution is 5.94. The third kappa shape index (κ3) is 3.79. The molecule has 0 radical (unpaired) electrons. The number of carbonyl (C=O) groups excluding carboxylic acids is 1. The first-order valence-corrected chi connectivity index (χ1v) is 7.29. The zero-order valence-electron chi connectivity index (χ0n) is 13.2. The Morgan fingerprint density at radius 3 is 2.64 bits per heavy atom. The van der Waals surface area contributed by atoms with E-state index in [9.17, 15) is 4.79 Å². The van der Waals surface area contributed by atoms with Gasteiger partial charge in [0.2, 0.25) is 0 Å². The number of benzene rings is 2. The van der Waals surface area contributed by atoms with Gasteiger partial charge in [0.25, 0.3) is 5.91 Å². The molecule has 2 aromatic rings. The first kappa shape index (κ1) is 15.9. The third-order valence-corrected chi connectivity index (χ3v) is 3.38. The lowest BCUT2D eigenvalue weighted by atomic mass is 10.1. The molecule has 4 nitrogen and oxygen atoms in total. The SMILES string of the molecule is CCOc1ccccc1CNC(=O)c1ccc(C)c(OC)c1. The minimum atomic E-state index is -0.135. The fourth-order valence-electron chi connectivity index (χ4n) is 2.18. The maximum Gasteiger partial charge on any atom is 0.251 e. The Hall–Kier alpha value is -2.49. The van der Waals surface area contributed by atoms with Gasteiger partial charge in [-0.25, -0.2) is 0 Å². The molecule has 1 N–H and O–H groups in total. The van der Waals surface area contributed by atoms with E-state index in [1.165, 1.54) is 0 Å². The molecule has 2 rings (SSSR count). The predicted molar refractivity (Wildman–Crippen MR) is 86.5 cm³/mol. The third-order valence-electron chi connectivity index (χ3n) is 3.38. The minimum Gasteiger partial charge on any atom is -0.496 e. The first-order chi connectivity index (χ1) is 10.7. The van der Waals surface area contributed by atoms with E-state index in [2.05, 4.69) is 5.32 Å². The number of nitrogens with one attached hydrogen (secondary N) is 1. The van der Waals surface area contributed by atoms with Crippen LogP contribution in [0, 0.1) is 6.92 Å². The van der Waals surface area contributed by atoms with Crippen molar-refractivity contribution in [2.45, 2.75) is 20.4 Å². The van der Waals surface area contributed by atoms with Crippen molar-refractivity contribution in [3.63, 3.8) is 0 Å². The topological polar surface area (TPSA) is 47.6 Å². The van der Waals surface area contributed by atoms with Crippen molar-refractivity contribution in [1.82, 2.24) is 5.32 Å². The Balaban J connectivity index is 2.07. The van der Waals surface area contributed by atoms with Crippen LogP contribution in [0.1, 0.15) is 28.4 Å². The Kier molecular flexibility index (Phi) is 5.42. The zero-order valence-corrected chi connectivity index (χ0v) is 13.2. The molecule has 1 amide bonds. The zero-order chi connectivity index (χ0) is 15.9. The van der Waals surface area contributed by atoms with E-state index >= 15 is 0 Å². The van der Waals surface area contributed by atoms with E-state index in [1.54, 1.807) is 19.2 Å². The lowest BCUT2D eigenvalue weighted by Gasteiger charge is -2.12. The van der Waals surface area contributed by atoms with Crippen LogP contribution in [0.15, 0.2) is 42.5 Å². The molecule has 0 aliphatic rings. The minimum absolute atomic E-state index is 0.135. The Morgan fingerprint density at radius 1 is 1.14 bits per heavy atom. The summed E-state index contributed by atoms with van der Waals surface area (Å²) in [5, 5.41) is 2.91. The summed E-state index contributed by atoms with van der Waals surface area (Å²) in [6, 6.07) is 13.1. The number of aryl methyl sites for hydroxylation is 1. The normalized spacial score (nSPS) is 10.1. The van der Waals surface area contributed by atoms with Gasteiger partial charge in [0, 0.05) is 17.7 Å². The maximum atomic E-state index is 12.3. The molecule has 0 aliphatic heterocycles. The molecule has 116 valence electrons. The lowest BCUT2D eigenvalue weighted by molar-refractivity contribution is 0.0950. The smallest absolute Gasteiger partial charge is 0.251 e. The fourth-order valence-corrected chi connectivity index (χ4v) is 2.18. The quantitative estimate of drug-likeness (QED) is 0.890.